The largest absolute Gasteiger partial charge is 0.355 e. The molecule has 3 nitrogen and oxygen atoms in total. The molecule has 3 heterocycles. The van der Waals surface area contributed by atoms with E-state index in [4.69, 9.17) is 4.98 Å². The first-order valence-electron chi connectivity index (χ1n) is 5.55. The summed E-state index contributed by atoms with van der Waals surface area (Å²) in [5, 5.41) is 2.95. The molecular formula is C11H14BrN3S. The Morgan fingerprint density at radius 3 is 3.19 bits per heavy atom. The third kappa shape index (κ3) is 1.57. The highest BCUT2D eigenvalue weighted by molar-refractivity contribution is 9.08. The second-order valence-corrected chi connectivity index (χ2v) is 5.84. The van der Waals surface area contributed by atoms with Crippen LogP contribution in [0.15, 0.2) is 11.6 Å². The van der Waals surface area contributed by atoms with Gasteiger partial charge < -0.3 is 4.90 Å². The van der Waals surface area contributed by atoms with E-state index in [0.29, 0.717) is 0 Å². The average molecular weight is 300 g/mol. The monoisotopic (exact) mass is 299 g/mol. The number of anilines is 1. The lowest BCUT2D eigenvalue weighted by Gasteiger charge is -2.16. The van der Waals surface area contributed by atoms with Gasteiger partial charge in [-0.25, -0.2) is 4.98 Å². The third-order valence-corrected chi connectivity index (χ3v) is 4.48. The molecule has 0 spiro atoms. The summed E-state index contributed by atoms with van der Waals surface area (Å²) in [5.41, 5.74) is 1.28. The highest BCUT2D eigenvalue weighted by Gasteiger charge is 2.24. The Morgan fingerprint density at radius 1 is 1.62 bits per heavy atom. The van der Waals surface area contributed by atoms with Crippen LogP contribution in [0.4, 0.5) is 5.82 Å². The molecule has 1 atom stereocenters. The highest BCUT2D eigenvalue weighted by atomic mass is 79.9. The fourth-order valence-electron chi connectivity index (χ4n) is 2.33. The van der Waals surface area contributed by atoms with Crippen molar-refractivity contribution < 1.29 is 0 Å². The smallest absolute Gasteiger partial charge is 0.195 e. The zero-order valence-corrected chi connectivity index (χ0v) is 11.6. The van der Waals surface area contributed by atoms with Gasteiger partial charge in [0.15, 0.2) is 10.8 Å². The molecule has 0 saturated carbocycles. The molecule has 0 aliphatic carbocycles. The van der Waals surface area contributed by atoms with Crippen LogP contribution < -0.4 is 4.90 Å². The van der Waals surface area contributed by atoms with Crippen molar-refractivity contribution in [3.8, 4) is 0 Å². The molecule has 1 saturated heterocycles. The lowest BCUT2D eigenvalue weighted by Crippen LogP contribution is -2.20. The van der Waals surface area contributed by atoms with E-state index in [1.165, 1.54) is 17.9 Å². The van der Waals surface area contributed by atoms with Crippen LogP contribution >= 0.6 is 27.3 Å². The molecule has 0 N–H and O–H groups in total. The molecule has 1 aliphatic rings. The van der Waals surface area contributed by atoms with Gasteiger partial charge in [-0.15, -0.1) is 11.3 Å². The van der Waals surface area contributed by atoms with Crippen molar-refractivity contribution in [1.82, 2.24) is 9.38 Å². The molecule has 1 unspecified atom stereocenters. The Balaban J connectivity index is 2.05. The summed E-state index contributed by atoms with van der Waals surface area (Å²) in [4.78, 5) is 8.26. The van der Waals surface area contributed by atoms with Crippen molar-refractivity contribution >= 4 is 38.0 Å². The number of aromatic nitrogens is 2. The molecule has 16 heavy (non-hydrogen) atoms. The first-order valence-corrected chi connectivity index (χ1v) is 7.55. The molecule has 3 rings (SSSR count). The normalized spacial score (nSPS) is 21.1. The Labute approximate surface area is 107 Å². The SMILES string of the molecule is CC1CCN(c2nc3sccn3c2CBr)C1. The molecular weight excluding hydrogens is 286 g/mol. The standard InChI is InChI=1S/C11H14BrN3S/c1-8-2-3-14(7-8)10-9(6-12)15-4-5-16-11(15)13-10/h4-5,8H,2-3,6-7H2,1H3. The first kappa shape index (κ1) is 10.6. The van der Waals surface area contributed by atoms with Gasteiger partial charge in [0.2, 0.25) is 0 Å². The van der Waals surface area contributed by atoms with Crippen molar-refractivity contribution in [3.63, 3.8) is 0 Å². The van der Waals surface area contributed by atoms with Gasteiger partial charge in [-0.3, -0.25) is 4.40 Å². The van der Waals surface area contributed by atoms with E-state index in [0.717, 1.165) is 29.3 Å². The van der Waals surface area contributed by atoms with Crippen LogP contribution in [0.5, 0.6) is 0 Å². The summed E-state index contributed by atoms with van der Waals surface area (Å²) in [6.45, 7) is 4.60. The van der Waals surface area contributed by atoms with Crippen LogP contribution in [0.2, 0.25) is 0 Å². The highest BCUT2D eigenvalue weighted by Crippen LogP contribution is 2.30. The maximum Gasteiger partial charge on any atom is 0.195 e. The number of fused-ring (bicyclic) bond motifs is 1. The maximum atomic E-state index is 4.74. The maximum absolute atomic E-state index is 4.74. The van der Waals surface area contributed by atoms with Crippen LogP contribution in [0, 0.1) is 5.92 Å². The van der Waals surface area contributed by atoms with Gasteiger partial charge in [-0.05, 0) is 12.3 Å². The summed E-state index contributed by atoms with van der Waals surface area (Å²) in [5.74, 6) is 1.97. The summed E-state index contributed by atoms with van der Waals surface area (Å²) in [7, 11) is 0. The Hall–Kier alpha value is -0.550. The van der Waals surface area contributed by atoms with Crippen molar-refractivity contribution in [2.45, 2.75) is 18.7 Å². The van der Waals surface area contributed by atoms with Crippen LogP contribution in [-0.4, -0.2) is 22.5 Å². The fourth-order valence-corrected chi connectivity index (χ4v) is 3.57. The van der Waals surface area contributed by atoms with Gasteiger partial charge in [0, 0.05) is 30.0 Å². The van der Waals surface area contributed by atoms with Gasteiger partial charge in [0.25, 0.3) is 0 Å². The van der Waals surface area contributed by atoms with Gasteiger partial charge in [-0.1, -0.05) is 22.9 Å². The van der Waals surface area contributed by atoms with Crippen molar-refractivity contribution in [2.24, 2.45) is 5.92 Å². The van der Waals surface area contributed by atoms with Gasteiger partial charge in [0.05, 0.1) is 5.69 Å². The van der Waals surface area contributed by atoms with E-state index in [2.05, 4.69) is 43.7 Å². The zero-order chi connectivity index (χ0) is 11.1. The van der Waals surface area contributed by atoms with E-state index in [1.54, 1.807) is 11.3 Å². The molecule has 5 heteroatoms. The molecule has 2 aromatic rings. The van der Waals surface area contributed by atoms with Crippen molar-refractivity contribution in [2.75, 3.05) is 18.0 Å². The van der Waals surface area contributed by atoms with E-state index in [1.807, 2.05) is 0 Å². The molecule has 86 valence electrons. The number of halogens is 1. The lowest BCUT2D eigenvalue weighted by atomic mass is 10.2. The molecule has 1 aliphatic heterocycles. The average Bonchev–Trinajstić information content (AvgIpc) is 2.90. The molecule has 0 aromatic carbocycles. The summed E-state index contributed by atoms with van der Waals surface area (Å²) in [6, 6.07) is 0. The van der Waals surface area contributed by atoms with E-state index in [-0.39, 0.29) is 0 Å². The summed E-state index contributed by atoms with van der Waals surface area (Å²) in [6.07, 6.45) is 3.39. The second-order valence-electron chi connectivity index (χ2n) is 4.41. The van der Waals surface area contributed by atoms with Crippen molar-refractivity contribution in [1.29, 1.82) is 0 Å². The third-order valence-electron chi connectivity index (χ3n) is 3.19. The van der Waals surface area contributed by atoms with Crippen LogP contribution in [0.1, 0.15) is 19.0 Å². The topological polar surface area (TPSA) is 20.5 Å². The summed E-state index contributed by atoms with van der Waals surface area (Å²) < 4.78 is 2.19. The van der Waals surface area contributed by atoms with Crippen LogP contribution in [-0.2, 0) is 5.33 Å². The van der Waals surface area contributed by atoms with Crippen LogP contribution in [0.3, 0.4) is 0 Å². The van der Waals surface area contributed by atoms with Crippen molar-refractivity contribution in [3.05, 3.63) is 17.3 Å². The molecule has 0 radical (unpaired) electrons. The number of thiazole rings is 1. The number of hydrogen-bond acceptors (Lipinski definition) is 3. The molecule has 0 bridgehead atoms. The number of imidazole rings is 1. The minimum Gasteiger partial charge on any atom is -0.355 e. The van der Waals surface area contributed by atoms with Gasteiger partial charge >= 0.3 is 0 Å². The number of nitrogens with zero attached hydrogens (tertiary/aromatic N) is 3. The minimum atomic E-state index is 0.794. The summed E-state index contributed by atoms with van der Waals surface area (Å²) >= 11 is 5.27. The lowest BCUT2D eigenvalue weighted by molar-refractivity contribution is 0.659. The first-order chi connectivity index (χ1) is 7.79. The quantitative estimate of drug-likeness (QED) is 0.794. The predicted octanol–water partition coefficient (Wildman–Crippen LogP) is 3.14. The Kier molecular flexibility index (Phi) is 2.67. The Bertz CT molecular complexity index is 504. The van der Waals surface area contributed by atoms with Gasteiger partial charge in [0.1, 0.15) is 0 Å². The number of rotatable bonds is 2. The number of alkyl halides is 1. The number of hydrogen-bond donors (Lipinski definition) is 0. The Morgan fingerprint density at radius 2 is 2.50 bits per heavy atom. The predicted molar refractivity (Wildman–Crippen MR) is 71.7 cm³/mol. The van der Waals surface area contributed by atoms with E-state index < -0.39 is 0 Å². The second kappa shape index (κ2) is 4.04. The van der Waals surface area contributed by atoms with E-state index >= 15 is 0 Å². The molecule has 1 fully saturated rings. The molecule has 0 amide bonds. The zero-order valence-electron chi connectivity index (χ0n) is 9.19. The fraction of sp³-hybridized carbons (Fsp3) is 0.545. The van der Waals surface area contributed by atoms with E-state index in [9.17, 15) is 0 Å². The minimum absolute atomic E-state index is 0.794. The molecule has 2 aromatic heterocycles. The van der Waals surface area contributed by atoms with Crippen LogP contribution in [0.25, 0.3) is 4.96 Å². The van der Waals surface area contributed by atoms with Gasteiger partial charge in [-0.2, -0.15) is 0 Å².